The second kappa shape index (κ2) is 5.93. The zero-order valence-corrected chi connectivity index (χ0v) is 13.0. The van der Waals surface area contributed by atoms with Crippen LogP contribution in [0.25, 0.3) is 11.4 Å². The minimum atomic E-state index is 0.368. The average molecular weight is 300 g/mol. The number of rotatable bonds is 5. The van der Waals surface area contributed by atoms with Crippen molar-refractivity contribution in [1.29, 1.82) is 0 Å². The van der Waals surface area contributed by atoms with Crippen LogP contribution in [0.3, 0.4) is 0 Å². The maximum absolute atomic E-state index is 5.92. The third kappa shape index (κ3) is 3.13. The molecular formula is C16H20N4S. The molecule has 1 heterocycles. The van der Waals surface area contributed by atoms with E-state index in [0.29, 0.717) is 16.4 Å². The Labute approximate surface area is 129 Å². The molecule has 1 saturated carbocycles. The van der Waals surface area contributed by atoms with Crippen LogP contribution in [0.5, 0.6) is 0 Å². The van der Waals surface area contributed by atoms with E-state index in [1.165, 1.54) is 19.3 Å². The van der Waals surface area contributed by atoms with Crippen molar-refractivity contribution < 1.29 is 0 Å². The first-order valence-electron chi connectivity index (χ1n) is 7.20. The Morgan fingerprint density at radius 1 is 1.24 bits per heavy atom. The van der Waals surface area contributed by atoms with Crippen LogP contribution in [0.15, 0.2) is 36.4 Å². The van der Waals surface area contributed by atoms with Gasteiger partial charge in [-0.25, -0.2) is 9.97 Å². The number of nitrogens with zero attached hydrogens (tertiary/aromatic N) is 2. The van der Waals surface area contributed by atoms with Gasteiger partial charge in [-0.05, 0) is 19.1 Å². The molecule has 110 valence electrons. The summed E-state index contributed by atoms with van der Waals surface area (Å²) < 4.78 is 0.368. The molecule has 0 amide bonds. The van der Waals surface area contributed by atoms with E-state index in [-0.39, 0.29) is 0 Å². The van der Waals surface area contributed by atoms with Crippen molar-refractivity contribution in [2.24, 2.45) is 0 Å². The molecule has 1 aromatic carbocycles. The van der Waals surface area contributed by atoms with Crippen molar-refractivity contribution in [2.75, 3.05) is 23.9 Å². The number of anilines is 2. The third-order valence-corrected chi connectivity index (χ3v) is 5.49. The molecule has 1 fully saturated rings. The molecule has 0 radical (unpaired) electrons. The minimum Gasteiger partial charge on any atom is -0.384 e. The van der Waals surface area contributed by atoms with Crippen LogP contribution in [-0.2, 0) is 0 Å². The van der Waals surface area contributed by atoms with Crippen LogP contribution in [0, 0.1) is 0 Å². The topological polar surface area (TPSA) is 63.8 Å². The summed E-state index contributed by atoms with van der Waals surface area (Å²) in [6.45, 7) is 0.929. The standard InChI is InChI=1S/C16H20N4S/c1-21-16(8-5-9-16)11-18-14-10-13(17)19-15(20-14)12-6-3-2-4-7-12/h2-4,6-7,10H,5,8-9,11H2,1H3,(H3,17,18,19,20). The molecule has 2 aromatic rings. The van der Waals surface area contributed by atoms with Gasteiger partial charge in [0.05, 0.1) is 0 Å². The molecule has 0 atom stereocenters. The highest BCUT2D eigenvalue weighted by Crippen LogP contribution is 2.42. The van der Waals surface area contributed by atoms with Crippen LogP contribution >= 0.6 is 11.8 Å². The molecule has 5 heteroatoms. The number of aromatic nitrogens is 2. The Morgan fingerprint density at radius 2 is 2.00 bits per heavy atom. The van der Waals surface area contributed by atoms with Gasteiger partial charge in [0.25, 0.3) is 0 Å². The van der Waals surface area contributed by atoms with Crippen LogP contribution in [0.2, 0.25) is 0 Å². The largest absolute Gasteiger partial charge is 0.384 e. The maximum atomic E-state index is 5.92. The van der Waals surface area contributed by atoms with E-state index >= 15 is 0 Å². The molecule has 0 aliphatic heterocycles. The van der Waals surface area contributed by atoms with Crippen LogP contribution < -0.4 is 11.1 Å². The molecule has 3 rings (SSSR count). The zero-order valence-electron chi connectivity index (χ0n) is 12.2. The summed E-state index contributed by atoms with van der Waals surface area (Å²) in [6.07, 6.45) is 6.05. The molecule has 4 nitrogen and oxygen atoms in total. The SMILES string of the molecule is CSC1(CNc2cc(N)nc(-c3ccccc3)n2)CCC1. The first-order chi connectivity index (χ1) is 10.2. The van der Waals surface area contributed by atoms with E-state index in [9.17, 15) is 0 Å². The fraction of sp³-hybridized carbons (Fsp3) is 0.375. The molecule has 1 aliphatic carbocycles. The van der Waals surface area contributed by atoms with Crippen molar-refractivity contribution >= 4 is 23.4 Å². The van der Waals surface area contributed by atoms with E-state index in [1.54, 1.807) is 6.07 Å². The van der Waals surface area contributed by atoms with Crippen LogP contribution in [-0.4, -0.2) is 27.5 Å². The van der Waals surface area contributed by atoms with Gasteiger partial charge in [-0.2, -0.15) is 11.8 Å². The molecule has 1 aromatic heterocycles. The quantitative estimate of drug-likeness (QED) is 0.886. The molecular weight excluding hydrogens is 280 g/mol. The number of hydrogen-bond donors (Lipinski definition) is 2. The molecule has 0 saturated heterocycles. The van der Waals surface area contributed by atoms with E-state index in [2.05, 4.69) is 21.5 Å². The second-order valence-electron chi connectivity index (χ2n) is 5.46. The maximum Gasteiger partial charge on any atom is 0.163 e. The number of thioether (sulfide) groups is 1. The number of nitrogens with one attached hydrogen (secondary N) is 1. The summed E-state index contributed by atoms with van der Waals surface area (Å²) >= 11 is 1.95. The highest BCUT2D eigenvalue weighted by Gasteiger charge is 2.35. The summed E-state index contributed by atoms with van der Waals surface area (Å²) in [5.41, 5.74) is 6.90. The van der Waals surface area contributed by atoms with Gasteiger partial charge in [-0.1, -0.05) is 36.8 Å². The Kier molecular flexibility index (Phi) is 4.01. The summed E-state index contributed by atoms with van der Waals surface area (Å²) in [4.78, 5) is 8.91. The fourth-order valence-corrected chi connectivity index (χ4v) is 3.46. The summed E-state index contributed by atoms with van der Waals surface area (Å²) in [7, 11) is 0. The predicted molar refractivity (Wildman–Crippen MR) is 90.5 cm³/mol. The highest BCUT2D eigenvalue weighted by atomic mass is 32.2. The van der Waals surface area contributed by atoms with E-state index in [0.717, 1.165) is 17.9 Å². The van der Waals surface area contributed by atoms with Gasteiger partial charge < -0.3 is 11.1 Å². The fourth-order valence-electron chi connectivity index (χ4n) is 2.55. The second-order valence-corrected chi connectivity index (χ2v) is 6.74. The third-order valence-electron chi connectivity index (χ3n) is 4.07. The summed E-state index contributed by atoms with van der Waals surface area (Å²) in [6, 6.07) is 11.7. The zero-order chi connectivity index (χ0) is 14.7. The van der Waals surface area contributed by atoms with Crippen molar-refractivity contribution in [2.45, 2.75) is 24.0 Å². The number of nitrogen functional groups attached to an aromatic ring is 1. The van der Waals surface area contributed by atoms with Gasteiger partial charge in [0.2, 0.25) is 0 Å². The van der Waals surface area contributed by atoms with Gasteiger partial charge in [-0.3, -0.25) is 0 Å². The lowest BCUT2D eigenvalue weighted by molar-refractivity contribution is 0.379. The Bertz CT molecular complexity index is 605. The smallest absolute Gasteiger partial charge is 0.163 e. The summed E-state index contributed by atoms with van der Waals surface area (Å²) in [5.74, 6) is 1.98. The minimum absolute atomic E-state index is 0.368. The molecule has 0 spiro atoms. The lowest BCUT2D eigenvalue weighted by Gasteiger charge is -2.40. The van der Waals surface area contributed by atoms with E-state index < -0.39 is 0 Å². The van der Waals surface area contributed by atoms with Crippen molar-refractivity contribution in [3.8, 4) is 11.4 Å². The number of nitrogens with two attached hydrogens (primary N) is 1. The van der Waals surface area contributed by atoms with Crippen LogP contribution in [0.1, 0.15) is 19.3 Å². The van der Waals surface area contributed by atoms with E-state index in [4.69, 9.17) is 5.73 Å². The van der Waals surface area contributed by atoms with Crippen LogP contribution in [0.4, 0.5) is 11.6 Å². The lowest BCUT2D eigenvalue weighted by atomic mass is 9.84. The predicted octanol–water partition coefficient (Wildman–Crippen LogP) is 3.42. The molecule has 0 bridgehead atoms. The lowest BCUT2D eigenvalue weighted by Crippen LogP contribution is -2.40. The van der Waals surface area contributed by atoms with Gasteiger partial charge in [0.1, 0.15) is 11.6 Å². The van der Waals surface area contributed by atoms with Gasteiger partial charge >= 0.3 is 0 Å². The van der Waals surface area contributed by atoms with Crippen molar-refractivity contribution in [3.63, 3.8) is 0 Å². The Balaban J connectivity index is 1.78. The summed E-state index contributed by atoms with van der Waals surface area (Å²) in [5, 5.41) is 3.44. The van der Waals surface area contributed by atoms with Gasteiger partial charge in [0, 0.05) is 22.9 Å². The van der Waals surface area contributed by atoms with Crippen molar-refractivity contribution in [1.82, 2.24) is 9.97 Å². The molecule has 0 unspecified atom stereocenters. The van der Waals surface area contributed by atoms with E-state index in [1.807, 2.05) is 42.1 Å². The Hall–Kier alpha value is -1.75. The number of hydrogen-bond acceptors (Lipinski definition) is 5. The van der Waals surface area contributed by atoms with Crippen molar-refractivity contribution in [3.05, 3.63) is 36.4 Å². The Morgan fingerprint density at radius 3 is 2.62 bits per heavy atom. The first-order valence-corrected chi connectivity index (χ1v) is 8.42. The number of benzene rings is 1. The monoisotopic (exact) mass is 300 g/mol. The normalized spacial score (nSPS) is 16.2. The highest BCUT2D eigenvalue weighted by molar-refractivity contribution is 8.00. The first kappa shape index (κ1) is 14.2. The van der Waals surface area contributed by atoms with Gasteiger partial charge in [0.15, 0.2) is 5.82 Å². The molecule has 1 aliphatic rings. The molecule has 21 heavy (non-hydrogen) atoms. The van der Waals surface area contributed by atoms with Gasteiger partial charge in [-0.15, -0.1) is 0 Å². The average Bonchev–Trinajstić information content (AvgIpc) is 2.47. The molecule has 3 N–H and O–H groups in total.